The zero-order valence-corrected chi connectivity index (χ0v) is 22.8. The van der Waals surface area contributed by atoms with Gasteiger partial charge in [-0.05, 0) is 108 Å². The predicted molar refractivity (Wildman–Crippen MR) is 146 cm³/mol. The Morgan fingerprint density at radius 2 is 1.63 bits per heavy atom. The highest BCUT2D eigenvalue weighted by molar-refractivity contribution is 7.84. The Bertz CT molecular complexity index is 1200. The third kappa shape index (κ3) is 4.98. The molecule has 1 unspecified atom stereocenters. The van der Waals surface area contributed by atoms with Crippen LogP contribution in [0.15, 0.2) is 41.3 Å². The third-order valence-corrected chi connectivity index (χ3v) is 9.33. The number of aromatic nitrogens is 2. The van der Waals surface area contributed by atoms with Crippen LogP contribution >= 0.6 is 0 Å². The Morgan fingerprint density at radius 3 is 2.23 bits per heavy atom. The molecule has 2 aliphatic rings. The van der Waals surface area contributed by atoms with Gasteiger partial charge in [-0.15, -0.1) is 0 Å². The molecule has 5 rings (SSSR count). The van der Waals surface area contributed by atoms with Gasteiger partial charge in [-0.1, -0.05) is 18.2 Å². The van der Waals surface area contributed by atoms with Gasteiger partial charge in [0, 0.05) is 46.6 Å². The lowest BCUT2D eigenvalue weighted by atomic mass is 9.87. The average molecular weight is 493 g/mol. The fourth-order valence-electron chi connectivity index (χ4n) is 6.14. The zero-order chi connectivity index (χ0) is 24.7. The first-order valence-electron chi connectivity index (χ1n) is 13.2. The van der Waals surface area contributed by atoms with Crippen molar-refractivity contribution in [2.45, 2.75) is 69.4 Å². The smallest absolute Gasteiger partial charge is 0.140 e. The molecule has 2 saturated heterocycles. The van der Waals surface area contributed by atoms with Crippen LogP contribution in [0.2, 0.25) is 0 Å². The zero-order valence-electron chi connectivity index (χ0n) is 22.0. The molecule has 2 aliphatic heterocycles. The molecule has 2 aromatic carbocycles. The quantitative estimate of drug-likeness (QED) is 0.482. The maximum Gasteiger partial charge on any atom is 0.140 e. The van der Waals surface area contributed by atoms with Gasteiger partial charge in [-0.3, -0.25) is 4.21 Å². The topological polar surface area (TPSA) is 41.4 Å². The van der Waals surface area contributed by atoms with Crippen molar-refractivity contribution in [3.05, 3.63) is 47.5 Å². The number of benzene rings is 2. The second-order valence-electron chi connectivity index (χ2n) is 10.8. The van der Waals surface area contributed by atoms with Gasteiger partial charge in [0.25, 0.3) is 0 Å². The lowest BCUT2D eigenvalue weighted by molar-refractivity contribution is 0.0753. The number of nitrogens with zero attached hydrogens (tertiary/aromatic N) is 4. The molecule has 35 heavy (non-hydrogen) atoms. The predicted octanol–water partition coefficient (Wildman–Crippen LogP) is 5.34. The first kappa shape index (κ1) is 24.7. The van der Waals surface area contributed by atoms with Crippen molar-refractivity contribution in [1.82, 2.24) is 19.4 Å². The molecule has 0 aliphatic carbocycles. The van der Waals surface area contributed by atoms with Gasteiger partial charge in [0.05, 0.1) is 11.0 Å². The number of fused-ring (bicyclic) bond motifs is 1. The van der Waals surface area contributed by atoms with E-state index in [-0.39, 0.29) is 0 Å². The van der Waals surface area contributed by atoms with Crippen LogP contribution in [0.3, 0.4) is 0 Å². The summed E-state index contributed by atoms with van der Waals surface area (Å²) in [7, 11) is 1.15. The van der Waals surface area contributed by atoms with Crippen LogP contribution in [0.25, 0.3) is 22.4 Å². The minimum absolute atomic E-state index is 0.627. The minimum Gasteiger partial charge on any atom is -0.327 e. The molecule has 0 N–H and O–H groups in total. The number of aryl methyl sites for hydroxylation is 2. The van der Waals surface area contributed by atoms with E-state index >= 15 is 0 Å². The lowest BCUT2D eigenvalue weighted by Crippen LogP contribution is -2.48. The van der Waals surface area contributed by atoms with Crippen LogP contribution in [0.4, 0.5) is 0 Å². The Labute approximate surface area is 213 Å². The van der Waals surface area contributed by atoms with Crippen molar-refractivity contribution in [3.8, 4) is 11.4 Å². The molecule has 5 nitrogen and oxygen atoms in total. The number of piperidine rings is 2. The Balaban J connectivity index is 1.31. The number of imidazole rings is 1. The molecule has 3 heterocycles. The molecule has 3 aromatic rings. The highest BCUT2D eigenvalue weighted by Gasteiger charge is 2.29. The second kappa shape index (κ2) is 10.2. The minimum atomic E-state index is -0.964. The molecule has 6 heteroatoms. The molecule has 2 fully saturated rings. The van der Waals surface area contributed by atoms with Crippen molar-refractivity contribution >= 4 is 21.8 Å². The van der Waals surface area contributed by atoms with E-state index in [1.54, 1.807) is 6.26 Å². The van der Waals surface area contributed by atoms with Gasteiger partial charge in [-0.25, -0.2) is 4.98 Å². The highest BCUT2D eigenvalue weighted by atomic mass is 32.2. The van der Waals surface area contributed by atoms with E-state index < -0.39 is 10.8 Å². The molecule has 0 radical (unpaired) electrons. The SMILES string of the molecule is Cc1cc(C2CCN(C3CCN(C(C)C)CC3)CC2)cc2c1nc(-c1ccc(S(C)=O)cc1)n2C. The van der Waals surface area contributed by atoms with E-state index in [0.29, 0.717) is 12.0 Å². The average Bonchev–Trinajstić information content (AvgIpc) is 3.21. The van der Waals surface area contributed by atoms with Crippen LogP contribution in [-0.4, -0.2) is 68.1 Å². The van der Waals surface area contributed by atoms with Crippen molar-refractivity contribution in [2.75, 3.05) is 32.4 Å². The molecule has 188 valence electrons. The molecular weight excluding hydrogens is 452 g/mol. The lowest BCUT2D eigenvalue weighted by Gasteiger charge is -2.43. The van der Waals surface area contributed by atoms with Crippen LogP contribution < -0.4 is 0 Å². The fraction of sp³-hybridized carbons (Fsp3) is 0.552. The third-order valence-electron chi connectivity index (χ3n) is 8.39. The largest absolute Gasteiger partial charge is 0.327 e. The van der Waals surface area contributed by atoms with E-state index in [4.69, 9.17) is 4.98 Å². The summed E-state index contributed by atoms with van der Waals surface area (Å²) < 4.78 is 14.0. The summed E-state index contributed by atoms with van der Waals surface area (Å²) in [6.07, 6.45) is 6.85. The molecule has 1 aromatic heterocycles. The molecule has 1 atom stereocenters. The number of hydrogen-bond donors (Lipinski definition) is 0. The van der Waals surface area contributed by atoms with Crippen molar-refractivity contribution in [2.24, 2.45) is 7.05 Å². The molecular formula is C29H40N4OS. The van der Waals surface area contributed by atoms with E-state index in [1.807, 2.05) is 24.3 Å². The molecule has 0 amide bonds. The number of hydrogen-bond acceptors (Lipinski definition) is 4. The Hall–Kier alpha value is -2.02. The van der Waals surface area contributed by atoms with Crippen LogP contribution in [0, 0.1) is 6.92 Å². The van der Waals surface area contributed by atoms with Crippen LogP contribution in [0.1, 0.15) is 56.6 Å². The van der Waals surface area contributed by atoms with Crippen molar-refractivity contribution in [1.29, 1.82) is 0 Å². The van der Waals surface area contributed by atoms with Gasteiger partial charge >= 0.3 is 0 Å². The monoisotopic (exact) mass is 492 g/mol. The van der Waals surface area contributed by atoms with Crippen molar-refractivity contribution in [3.63, 3.8) is 0 Å². The first-order chi connectivity index (χ1) is 16.8. The Morgan fingerprint density at radius 1 is 0.971 bits per heavy atom. The van der Waals surface area contributed by atoms with E-state index in [9.17, 15) is 4.21 Å². The maximum absolute atomic E-state index is 11.8. The highest BCUT2D eigenvalue weighted by Crippen LogP contribution is 2.35. The summed E-state index contributed by atoms with van der Waals surface area (Å²) in [4.78, 5) is 11.3. The summed E-state index contributed by atoms with van der Waals surface area (Å²) in [5.41, 5.74) is 6.09. The Kier molecular flexibility index (Phi) is 7.16. The first-order valence-corrected chi connectivity index (χ1v) is 14.8. The van der Waals surface area contributed by atoms with Gasteiger partial charge in [0.15, 0.2) is 0 Å². The van der Waals surface area contributed by atoms with Crippen molar-refractivity contribution < 1.29 is 4.21 Å². The summed E-state index contributed by atoms with van der Waals surface area (Å²) in [5, 5.41) is 0. The standard InChI is InChI=1S/C29H40N4OS/c1-20(2)32-16-12-25(13-17-32)33-14-10-22(11-15-33)24-18-21(3)28-27(19-24)31(4)29(30-28)23-6-8-26(9-7-23)35(5)34/h6-9,18-20,22,25H,10-17H2,1-5H3. The van der Waals surface area contributed by atoms with E-state index in [2.05, 4.69) is 54.3 Å². The molecule has 0 spiro atoms. The molecule has 0 bridgehead atoms. The summed E-state index contributed by atoms with van der Waals surface area (Å²) in [6.45, 7) is 11.8. The summed E-state index contributed by atoms with van der Waals surface area (Å²) in [6, 6.07) is 14.2. The maximum atomic E-state index is 11.8. The number of likely N-dealkylation sites (tertiary alicyclic amines) is 2. The molecule has 0 saturated carbocycles. The normalized spacial score (nSPS) is 20.2. The second-order valence-corrected chi connectivity index (χ2v) is 12.2. The van der Waals surface area contributed by atoms with Crippen LogP contribution in [0.5, 0.6) is 0 Å². The fourth-order valence-corrected chi connectivity index (χ4v) is 6.66. The van der Waals surface area contributed by atoms with E-state index in [1.165, 1.54) is 68.5 Å². The summed E-state index contributed by atoms with van der Waals surface area (Å²) >= 11 is 0. The summed E-state index contributed by atoms with van der Waals surface area (Å²) in [5.74, 6) is 1.60. The van der Waals surface area contributed by atoms with Gasteiger partial charge in [-0.2, -0.15) is 0 Å². The van der Waals surface area contributed by atoms with Gasteiger partial charge in [0.1, 0.15) is 5.82 Å². The van der Waals surface area contributed by atoms with Gasteiger partial charge in [0.2, 0.25) is 0 Å². The number of rotatable bonds is 5. The van der Waals surface area contributed by atoms with Crippen LogP contribution in [-0.2, 0) is 17.8 Å². The van der Waals surface area contributed by atoms with Gasteiger partial charge < -0.3 is 14.4 Å². The van der Waals surface area contributed by atoms with E-state index in [0.717, 1.165) is 27.8 Å².